The van der Waals surface area contributed by atoms with E-state index < -0.39 is 5.41 Å². The summed E-state index contributed by atoms with van der Waals surface area (Å²) >= 11 is 0. The van der Waals surface area contributed by atoms with E-state index in [4.69, 9.17) is 5.73 Å². The smallest absolute Gasteiger partial charge is 0.251 e. The van der Waals surface area contributed by atoms with Crippen LogP contribution in [0.5, 0.6) is 0 Å². The van der Waals surface area contributed by atoms with Gasteiger partial charge in [0.15, 0.2) is 0 Å². The molecule has 28 heavy (non-hydrogen) atoms. The Labute approximate surface area is 171 Å². The molecule has 7 heteroatoms. The van der Waals surface area contributed by atoms with Crippen molar-refractivity contribution in [1.29, 1.82) is 0 Å². The van der Waals surface area contributed by atoms with Crippen molar-refractivity contribution in [1.82, 2.24) is 5.32 Å². The topological polar surface area (TPSA) is 84.2 Å². The Morgan fingerprint density at radius 2 is 1.64 bits per heavy atom. The number of benzene rings is 2. The van der Waals surface area contributed by atoms with Crippen LogP contribution in [0.3, 0.4) is 0 Å². The zero-order chi connectivity index (χ0) is 19.9. The number of anilines is 1. The maximum Gasteiger partial charge on any atom is 0.251 e. The SMILES string of the molecule is CCC(CC)(CN)C(=O)Nc1ccc(C(=O)NCc2ccccc2F)cc1.Cl. The third-order valence-corrected chi connectivity index (χ3v) is 5.03. The van der Waals surface area contributed by atoms with Crippen LogP contribution in [0.15, 0.2) is 48.5 Å². The van der Waals surface area contributed by atoms with Crippen molar-refractivity contribution >= 4 is 29.9 Å². The molecule has 0 saturated heterocycles. The van der Waals surface area contributed by atoms with Crippen LogP contribution in [0.25, 0.3) is 0 Å². The van der Waals surface area contributed by atoms with Gasteiger partial charge in [0.1, 0.15) is 5.82 Å². The van der Waals surface area contributed by atoms with Crippen molar-refractivity contribution < 1.29 is 14.0 Å². The van der Waals surface area contributed by atoms with Crippen LogP contribution in [0.1, 0.15) is 42.6 Å². The maximum absolute atomic E-state index is 13.6. The van der Waals surface area contributed by atoms with Gasteiger partial charge in [-0.25, -0.2) is 4.39 Å². The summed E-state index contributed by atoms with van der Waals surface area (Å²) in [5, 5.41) is 5.55. The number of amides is 2. The fraction of sp³-hybridized carbons (Fsp3) is 0.333. The lowest BCUT2D eigenvalue weighted by Crippen LogP contribution is -2.41. The molecule has 0 saturated carbocycles. The zero-order valence-corrected chi connectivity index (χ0v) is 16.9. The summed E-state index contributed by atoms with van der Waals surface area (Å²) in [5.41, 5.74) is 6.67. The van der Waals surface area contributed by atoms with Crippen LogP contribution in [-0.2, 0) is 11.3 Å². The van der Waals surface area contributed by atoms with Crippen LogP contribution < -0.4 is 16.4 Å². The van der Waals surface area contributed by atoms with Crippen molar-refractivity contribution in [3.63, 3.8) is 0 Å². The first kappa shape index (κ1) is 23.6. The van der Waals surface area contributed by atoms with Gasteiger partial charge in [-0.15, -0.1) is 12.4 Å². The van der Waals surface area contributed by atoms with E-state index in [1.165, 1.54) is 6.07 Å². The molecule has 0 radical (unpaired) electrons. The van der Waals surface area contributed by atoms with Gasteiger partial charge in [0.2, 0.25) is 5.91 Å². The van der Waals surface area contributed by atoms with E-state index in [0.717, 1.165) is 0 Å². The summed E-state index contributed by atoms with van der Waals surface area (Å²) in [7, 11) is 0. The molecule has 0 unspecified atom stereocenters. The van der Waals surface area contributed by atoms with Gasteiger partial charge in [-0.05, 0) is 43.2 Å². The lowest BCUT2D eigenvalue weighted by molar-refractivity contribution is -0.125. The van der Waals surface area contributed by atoms with E-state index in [1.807, 2.05) is 13.8 Å². The van der Waals surface area contributed by atoms with E-state index in [2.05, 4.69) is 10.6 Å². The summed E-state index contributed by atoms with van der Waals surface area (Å²) in [6.45, 7) is 4.27. The van der Waals surface area contributed by atoms with Gasteiger partial charge in [0, 0.05) is 29.9 Å². The predicted molar refractivity (Wildman–Crippen MR) is 112 cm³/mol. The number of nitrogens with two attached hydrogens (primary N) is 1. The second kappa shape index (κ2) is 10.8. The van der Waals surface area contributed by atoms with Gasteiger partial charge >= 0.3 is 0 Å². The highest BCUT2D eigenvalue weighted by Crippen LogP contribution is 2.27. The highest BCUT2D eigenvalue weighted by molar-refractivity contribution is 5.97. The van der Waals surface area contributed by atoms with Gasteiger partial charge in [-0.3, -0.25) is 9.59 Å². The second-order valence-corrected chi connectivity index (χ2v) is 6.50. The molecule has 0 heterocycles. The molecule has 0 bridgehead atoms. The standard InChI is InChI=1S/C21H26FN3O2.ClH/c1-3-21(4-2,14-23)20(27)25-17-11-9-15(10-12-17)19(26)24-13-16-7-5-6-8-18(16)22;/h5-12H,3-4,13-14,23H2,1-2H3,(H,24,26)(H,25,27);1H. The molecule has 5 nitrogen and oxygen atoms in total. The van der Waals surface area contributed by atoms with Crippen LogP contribution in [-0.4, -0.2) is 18.4 Å². The summed E-state index contributed by atoms with van der Waals surface area (Å²) in [6, 6.07) is 12.9. The fourth-order valence-corrected chi connectivity index (χ4v) is 2.84. The van der Waals surface area contributed by atoms with E-state index >= 15 is 0 Å². The Hall–Kier alpha value is -2.44. The van der Waals surface area contributed by atoms with E-state index in [1.54, 1.807) is 42.5 Å². The average molecular weight is 408 g/mol. The van der Waals surface area contributed by atoms with Gasteiger partial charge in [0.05, 0.1) is 5.41 Å². The molecule has 4 N–H and O–H groups in total. The molecule has 2 rings (SSSR count). The monoisotopic (exact) mass is 407 g/mol. The van der Waals surface area contributed by atoms with Crippen molar-refractivity contribution in [2.45, 2.75) is 33.2 Å². The first-order valence-electron chi connectivity index (χ1n) is 9.09. The third kappa shape index (κ3) is 5.53. The number of halogens is 2. The summed E-state index contributed by atoms with van der Waals surface area (Å²) in [4.78, 5) is 24.8. The molecule has 0 aromatic heterocycles. The second-order valence-electron chi connectivity index (χ2n) is 6.50. The molecule has 0 aliphatic carbocycles. The van der Waals surface area contributed by atoms with E-state index in [0.29, 0.717) is 29.7 Å². The van der Waals surface area contributed by atoms with Crippen LogP contribution in [0.2, 0.25) is 0 Å². The highest BCUT2D eigenvalue weighted by Gasteiger charge is 2.33. The Morgan fingerprint density at radius 1 is 1.04 bits per heavy atom. The first-order chi connectivity index (χ1) is 13.0. The van der Waals surface area contributed by atoms with Crippen LogP contribution >= 0.6 is 12.4 Å². The largest absolute Gasteiger partial charge is 0.348 e. The zero-order valence-electron chi connectivity index (χ0n) is 16.1. The lowest BCUT2D eigenvalue weighted by Gasteiger charge is -2.28. The minimum Gasteiger partial charge on any atom is -0.348 e. The first-order valence-corrected chi connectivity index (χ1v) is 9.09. The number of rotatable bonds is 8. The van der Waals surface area contributed by atoms with Crippen LogP contribution in [0.4, 0.5) is 10.1 Å². The summed E-state index contributed by atoms with van der Waals surface area (Å²) < 4.78 is 13.6. The molecule has 0 fully saturated rings. The molecular formula is C21H27ClFN3O2. The molecule has 2 amide bonds. The number of nitrogens with one attached hydrogen (secondary N) is 2. The quantitative estimate of drug-likeness (QED) is 0.620. The normalized spacial score (nSPS) is 10.7. The molecule has 2 aromatic rings. The number of hydrogen-bond acceptors (Lipinski definition) is 3. The van der Waals surface area contributed by atoms with E-state index in [-0.39, 0.29) is 43.1 Å². The average Bonchev–Trinajstić information content (AvgIpc) is 2.69. The minimum atomic E-state index is -0.587. The summed E-state index contributed by atoms with van der Waals surface area (Å²) in [6.07, 6.45) is 1.31. The van der Waals surface area contributed by atoms with Gasteiger partial charge in [-0.1, -0.05) is 32.0 Å². The number of hydrogen-bond donors (Lipinski definition) is 3. The highest BCUT2D eigenvalue weighted by atomic mass is 35.5. The van der Waals surface area contributed by atoms with Gasteiger partial charge in [-0.2, -0.15) is 0 Å². The maximum atomic E-state index is 13.6. The van der Waals surface area contributed by atoms with Gasteiger partial charge in [0.25, 0.3) is 5.91 Å². The molecule has 2 aromatic carbocycles. The Kier molecular flexibility index (Phi) is 9.09. The molecular weight excluding hydrogens is 381 g/mol. The molecule has 0 atom stereocenters. The lowest BCUT2D eigenvalue weighted by atomic mass is 9.81. The van der Waals surface area contributed by atoms with Gasteiger partial charge < -0.3 is 16.4 Å². The molecule has 0 aliphatic rings. The number of carbonyl (C=O) groups excluding carboxylic acids is 2. The molecule has 152 valence electrons. The number of carbonyl (C=O) groups is 2. The van der Waals surface area contributed by atoms with Crippen molar-refractivity contribution in [3.05, 3.63) is 65.5 Å². The Morgan fingerprint density at radius 3 is 2.18 bits per heavy atom. The molecule has 0 aliphatic heterocycles. The Bertz CT molecular complexity index is 784. The van der Waals surface area contributed by atoms with Crippen molar-refractivity contribution in [2.75, 3.05) is 11.9 Å². The van der Waals surface area contributed by atoms with Crippen LogP contribution in [0, 0.1) is 11.2 Å². The van der Waals surface area contributed by atoms with E-state index in [9.17, 15) is 14.0 Å². The fourth-order valence-electron chi connectivity index (χ4n) is 2.84. The van der Waals surface area contributed by atoms with Crippen molar-refractivity contribution in [3.8, 4) is 0 Å². The minimum absolute atomic E-state index is 0. The summed E-state index contributed by atoms with van der Waals surface area (Å²) in [5.74, 6) is -0.785. The van der Waals surface area contributed by atoms with Crippen molar-refractivity contribution in [2.24, 2.45) is 11.1 Å². The molecule has 0 spiro atoms. The third-order valence-electron chi connectivity index (χ3n) is 5.03. The predicted octanol–water partition coefficient (Wildman–Crippen LogP) is 3.88. The Balaban J connectivity index is 0.00000392.